The van der Waals surface area contributed by atoms with Crippen molar-refractivity contribution in [2.45, 2.75) is 19.5 Å². The molecule has 10 heteroatoms. The molecule has 0 fully saturated rings. The van der Waals surface area contributed by atoms with Crippen molar-refractivity contribution >= 4 is 34.8 Å². The number of ether oxygens (including phenoxy) is 1. The highest BCUT2D eigenvalue weighted by Gasteiger charge is 2.28. The van der Waals surface area contributed by atoms with Gasteiger partial charge in [0.05, 0.1) is 12.8 Å². The quantitative estimate of drug-likeness (QED) is 0.565. The molecule has 162 valence electrons. The molecule has 2 amide bonds. The SMILES string of the molecule is COc1ccc(Cl)cc1NCCC(=O)Nc1cc(C(=O)NCC(F)(F)F)ccc1C. The number of amides is 2. The lowest BCUT2D eigenvalue weighted by Gasteiger charge is -2.13. The van der Waals surface area contributed by atoms with Crippen molar-refractivity contribution in [2.24, 2.45) is 0 Å². The van der Waals surface area contributed by atoms with E-state index in [1.54, 1.807) is 36.5 Å². The van der Waals surface area contributed by atoms with Crippen LogP contribution >= 0.6 is 11.6 Å². The van der Waals surface area contributed by atoms with Crippen LogP contribution in [-0.4, -0.2) is 38.2 Å². The first-order valence-electron chi connectivity index (χ1n) is 8.92. The van der Waals surface area contributed by atoms with Crippen LogP contribution in [0.4, 0.5) is 24.5 Å². The van der Waals surface area contributed by atoms with Crippen molar-refractivity contribution in [3.8, 4) is 5.75 Å². The third-order valence-corrected chi connectivity index (χ3v) is 4.29. The number of hydrogen-bond acceptors (Lipinski definition) is 4. The van der Waals surface area contributed by atoms with E-state index in [-0.39, 0.29) is 24.4 Å². The second-order valence-corrected chi connectivity index (χ2v) is 6.83. The largest absolute Gasteiger partial charge is 0.495 e. The highest BCUT2D eigenvalue weighted by atomic mass is 35.5. The summed E-state index contributed by atoms with van der Waals surface area (Å²) < 4.78 is 42.0. The van der Waals surface area contributed by atoms with Crippen LogP contribution in [-0.2, 0) is 4.79 Å². The molecular weight excluding hydrogens is 423 g/mol. The molecule has 0 aliphatic rings. The third-order valence-electron chi connectivity index (χ3n) is 4.05. The monoisotopic (exact) mass is 443 g/mol. The van der Waals surface area contributed by atoms with Gasteiger partial charge in [0.15, 0.2) is 0 Å². The molecule has 0 atom stereocenters. The van der Waals surface area contributed by atoms with Gasteiger partial charge in [-0.3, -0.25) is 9.59 Å². The van der Waals surface area contributed by atoms with Crippen LogP contribution in [0.2, 0.25) is 5.02 Å². The maximum Gasteiger partial charge on any atom is 0.405 e. The van der Waals surface area contributed by atoms with Gasteiger partial charge in [-0.25, -0.2) is 0 Å². The molecule has 0 spiro atoms. The van der Waals surface area contributed by atoms with Gasteiger partial charge in [-0.1, -0.05) is 17.7 Å². The summed E-state index contributed by atoms with van der Waals surface area (Å²) in [4.78, 5) is 24.2. The Morgan fingerprint density at radius 3 is 2.50 bits per heavy atom. The Labute approximate surface area is 176 Å². The molecule has 2 aromatic carbocycles. The third kappa shape index (κ3) is 7.14. The van der Waals surface area contributed by atoms with Gasteiger partial charge < -0.3 is 20.7 Å². The maximum absolute atomic E-state index is 12.3. The fraction of sp³-hybridized carbons (Fsp3) is 0.300. The van der Waals surface area contributed by atoms with Crippen molar-refractivity contribution in [3.05, 3.63) is 52.5 Å². The normalized spacial score (nSPS) is 11.0. The van der Waals surface area contributed by atoms with Gasteiger partial charge >= 0.3 is 6.18 Å². The van der Waals surface area contributed by atoms with Gasteiger partial charge in [0.25, 0.3) is 5.91 Å². The Morgan fingerprint density at radius 1 is 1.10 bits per heavy atom. The second-order valence-electron chi connectivity index (χ2n) is 6.40. The second kappa shape index (κ2) is 10.2. The summed E-state index contributed by atoms with van der Waals surface area (Å²) in [6, 6.07) is 9.33. The van der Waals surface area contributed by atoms with Gasteiger partial charge in [-0.2, -0.15) is 13.2 Å². The van der Waals surface area contributed by atoms with E-state index in [1.165, 1.54) is 19.2 Å². The summed E-state index contributed by atoms with van der Waals surface area (Å²) in [5.74, 6) is -0.634. The zero-order valence-electron chi connectivity index (χ0n) is 16.3. The van der Waals surface area contributed by atoms with Crippen molar-refractivity contribution in [1.29, 1.82) is 0 Å². The number of alkyl halides is 3. The van der Waals surface area contributed by atoms with Gasteiger partial charge in [0, 0.05) is 29.2 Å². The average molecular weight is 444 g/mol. The lowest BCUT2D eigenvalue weighted by molar-refractivity contribution is -0.123. The molecule has 30 heavy (non-hydrogen) atoms. The summed E-state index contributed by atoms with van der Waals surface area (Å²) in [5, 5.41) is 8.03. The number of halogens is 4. The molecule has 0 radical (unpaired) electrons. The van der Waals surface area contributed by atoms with E-state index in [0.29, 0.717) is 27.7 Å². The molecule has 6 nitrogen and oxygen atoms in total. The lowest BCUT2D eigenvalue weighted by atomic mass is 10.1. The van der Waals surface area contributed by atoms with E-state index in [9.17, 15) is 22.8 Å². The van der Waals surface area contributed by atoms with E-state index in [4.69, 9.17) is 16.3 Å². The first-order valence-corrected chi connectivity index (χ1v) is 9.29. The van der Waals surface area contributed by atoms with Gasteiger partial charge in [-0.15, -0.1) is 0 Å². The molecule has 0 aliphatic carbocycles. The van der Waals surface area contributed by atoms with Crippen LogP contribution < -0.4 is 20.7 Å². The molecule has 0 heterocycles. The first-order chi connectivity index (χ1) is 14.1. The smallest absolute Gasteiger partial charge is 0.405 e. The Balaban J connectivity index is 1.95. The minimum absolute atomic E-state index is 0.0157. The summed E-state index contributed by atoms with van der Waals surface area (Å²) >= 11 is 5.96. The van der Waals surface area contributed by atoms with Crippen molar-refractivity contribution in [3.63, 3.8) is 0 Å². The van der Waals surface area contributed by atoms with Crippen LogP contribution in [0.3, 0.4) is 0 Å². The Kier molecular flexibility index (Phi) is 7.93. The molecule has 0 bridgehead atoms. The summed E-state index contributed by atoms with van der Waals surface area (Å²) in [6.45, 7) is 0.565. The molecule has 2 rings (SSSR count). The fourth-order valence-corrected chi connectivity index (χ4v) is 2.69. The van der Waals surface area contributed by atoms with E-state index < -0.39 is 18.6 Å². The molecular formula is C20H21ClF3N3O3. The number of carbonyl (C=O) groups is 2. The van der Waals surface area contributed by atoms with E-state index in [0.717, 1.165) is 0 Å². The number of aryl methyl sites for hydroxylation is 1. The summed E-state index contributed by atoms with van der Waals surface area (Å²) in [6.07, 6.45) is -4.41. The van der Waals surface area contributed by atoms with E-state index in [2.05, 4.69) is 10.6 Å². The average Bonchev–Trinajstić information content (AvgIpc) is 2.67. The number of carbonyl (C=O) groups excluding carboxylic acids is 2. The molecule has 2 aromatic rings. The van der Waals surface area contributed by atoms with Crippen molar-refractivity contribution in [1.82, 2.24) is 5.32 Å². The molecule has 3 N–H and O–H groups in total. The number of anilines is 2. The zero-order chi connectivity index (χ0) is 22.3. The van der Waals surface area contributed by atoms with Gasteiger partial charge in [-0.05, 0) is 42.8 Å². The van der Waals surface area contributed by atoms with E-state index >= 15 is 0 Å². The predicted octanol–water partition coefficient (Wildman–Crippen LogP) is 4.39. The molecule has 0 saturated carbocycles. The van der Waals surface area contributed by atoms with Crippen LogP contribution in [0.5, 0.6) is 5.75 Å². The molecule has 0 aliphatic heterocycles. The van der Waals surface area contributed by atoms with Crippen LogP contribution in [0.25, 0.3) is 0 Å². The molecule has 0 aromatic heterocycles. The van der Waals surface area contributed by atoms with Crippen LogP contribution in [0.1, 0.15) is 22.3 Å². The molecule has 0 unspecified atom stereocenters. The van der Waals surface area contributed by atoms with Crippen molar-refractivity contribution in [2.75, 3.05) is 30.8 Å². The summed E-state index contributed by atoms with van der Waals surface area (Å²) in [5.41, 5.74) is 1.67. The highest BCUT2D eigenvalue weighted by Crippen LogP contribution is 2.27. The maximum atomic E-state index is 12.3. The number of methoxy groups -OCH3 is 1. The van der Waals surface area contributed by atoms with Crippen molar-refractivity contribution < 1.29 is 27.5 Å². The number of nitrogens with one attached hydrogen (secondary N) is 3. The Hall–Kier alpha value is -2.94. The Morgan fingerprint density at radius 2 is 1.83 bits per heavy atom. The van der Waals surface area contributed by atoms with E-state index in [1.807, 2.05) is 0 Å². The van der Waals surface area contributed by atoms with Crippen LogP contribution in [0, 0.1) is 6.92 Å². The topological polar surface area (TPSA) is 79.5 Å². The summed E-state index contributed by atoms with van der Waals surface area (Å²) in [7, 11) is 1.52. The lowest BCUT2D eigenvalue weighted by Crippen LogP contribution is -2.33. The molecule has 0 saturated heterocycles. The first kappa shape index (κ1) is 23.3. The van der Waals surface area contributed by atoms with Crippen LogP contribution in [0.15, 0.2) is 36.4 Å². The highest BCUT2D eigenvalue weighted by molar-refractivity contribution is 6.30. The minimum Gasteiger partial charge on any atom is -0.495 e. The number of hydrogen-bond donors (Lipinski definition) is 3. The zero-order valence-corrected chi connectivity index (χ0v) is 17.1. The number of rotatable bonds is 8. The predicted molar refractivity (Wildman–Crippen MR) is 109 cm³/mol. The fourth-order valence-electron chi connectivity index (χ4n) is 2.52. The standard InChI is InChI=1S/C20H21ClF3N3O3/c1-12-3-4-13(19(29)26-11-20(22,23)24)9-15(12)27-18(28)7-8-25-16-10-14(21)5-6-17(16)30-2/h3-6,9-10,25H,7-8,11H2,1-2H3,(H,26,29)(H,27,28). The van der Waals surface area contributed by atoms with Gasteiger partial charge in [0.1, 0.15) is 12.3 Å². The number of benzene rings is 2. The Bertz CT molecular complexity index is 920. The minimum atomic E-state index is -4.50. The van der Waals surface area contributed by atoms with Gasteiger partial charge in [0.2, 0.25) is 5.91 Å².